The van der Waals surface area contributed by atoms with Gasteiger partial charge in [0.2, 0.25) is 0 Å². The second-order valence-corrected chi connectivity index (χ2v) is 3.22. The SMILES string of the molecule is COCC(=O)Cc1ccc(F)cc1C. The highest BCUT2D eigenvalue weighted by molar-refractivity contribution is 5.82. The lowest BCUT2D eigenvalue weighted by molar-refractivity contribution is -0.121. The van der Waals surface area contributed by atoms with Crippen molar-refractivity contribution in [2.75, 3.05) is 13.7 Å². The summed E-state index contributed by atoms with van der Waals surface area (Å²) in [6, 6.07) is 4.43. The summed E-state index contributed by atoms with van der Waals surface area (Å²) in [6.45, 7) is 1.90. The number of ether oxygens (including phenoxy) is 1. The molecule has 0 unspecified atom stereocenters. The Labute approximate surface area is 82.7 Å². The first kappa shape index (κ1) is 10.9. The Morgan fingerprint density at radius 1 is 1.50 bits per heavy atom. The van der Waals surface area contributed by atoms with Crippen molar-refractivity contribution >= 4 is 5.78 Å². The van der Waals surface area contributed by atoms with Gasteiger partial charge in [0.05, 0.1) is 0 Å². The molecule has 0 spiro atoms. The van der Waals surface area contributed by atoms with Crippen molar-refractivity contribution in [1.29, 1.82) is 0 Å². The largest absolute Gasteiger partial charge is 0.377 e. The van der Waals surface area contributed by atoms with Gasteiger partial charge in [-0.1, -0.05) is 6.07 Å². The van der Waals surface area contributed by atoms with E-state index >= 15 is 0 Å². The minimum Gasteiger partial charge on any atom is -0.377 e. The quantitative estimate of drug-likeness (QED) is 0.735. The highest BCUT2D eigenvalue weighted by Crippen LogP contribution is 2.10. The number of ketones is 1. The molecule has 0 aromatic heterocycles. The Morgan fingerprint density at radius 3 is 2.79 bits per heavy atom. The molecule has 76 valence electrons. The molecular formula is C11H13FO2. The predicted molar refractivity (Wildman–Crippen MR) is 51.7 cm³/mol. The maximum Gasteiger partial charge on any atom is 0.162 e. The summed E-state index contributed by atoms with van der Waals surface area (Å²) in [5.74, 6) is -0.271. The molecule has 1 aromatic carbocycles. The third-order valence-electron chi connectivity index (χ3n) is 2.00. The lowest BCUT2D eigenvalue weighted by Crippen LogP contribution is -2.10. The number of carbonyl (C=O) groups is 1. The Hall–Kier alpha value is -1.22. The molecule has 0 aliphatic carbocycles. The lowest BCUT2D eigenvalue weighted by atomic mass is 10.0. The smallest absolute Gasteiger partial charge is 0.162 e. The van der Waals surface area contributed by atoms with Crippen LogP contribution in [-0.2, 0) is 16.0 Å². The molecular weight excluding hydrogens is 183 g/mol. The third kappa shape index (κ3) is 2.92. The Morgan fingerprint density at radius 2 is 2.21 bits per heavy atom. The first-order chi connectivity index (χ1) is 6.63. The molecule has 0 fully saturated rings. The van der Waals surface area contributed by atoms with Crippen molar-refractivity contribution in [2.45, 2.75) is 13.3 Å². The average molecular weight is 196 g/mol. The van der Waals surface area contributed by atoms with E-state index in [9.17, 15) is 9.18 Å². The van der Waals surface area contributed by atoms with Gasteiger partial charge in [-0.15, -0.1) is 0 Å². The van der Waals surface area contributed by atoms with Crippen molar-refractivity contribution in [1.82, 2.24) is 0 Å². The molecule has 2 nitrogen and oxygen atoms in total. The number of rotatable bonds is 4. The van der Waals surface area contributed by atoms with Crippen molar-refractivity contribution < 1.29 is 13.9 Å². The maximum atomic E-state index is 12.7. The van der Waals surface area contributed by atoms with Gasteiger partial charge in [0, 0.05) is 13.5 Å². The normalized spacial score (nSPS) is 10.2. The fourth-order valence-corrected chi connectivity index (χ4v) is 1.28. The first-order valence-electron chi connectivity index (χ1n) is 4.39. The molecule has 0 N–H and O–H groups in total. The molecule has 0 aliphatic rings. The van der Waals surface area contributed by atoms with Crippen LogP contribution in [0.15, 0.2) is 18.2 Å². The van der Waals surface area contributed by atoms with Crippen LogP contribution in [0.1, 0.15) is 11.1 Å². The molecule has 0 atom stereocenters. The van der Waals surface area contributed by atoms with E-state index in [0.29, 0.717) is 6.42 Å². The van der Waals surface area contributed by atoms with Gasteiger partial charge in [0.15, 0.2) is 5.78 Å². The van der Waals surface area contributed by atoms with Gasteiger partial charge in [-0.3, -0.25) is 4.79 Å². The van der Waals surface area contributed by atoms with E-state index in [-0.39, 0.29) is 18.2 Å². The zero-order valence-corrected chi connectivity index (χ0v) is 8.34. The van der Waals surface area contributed by atoms with E-state index in [1.54, 1.807) is 13.0 Å². The number of halogens is 1. The zero-order valence-electron chi connectivity index (χ0n) is 8.34. The van der Waals surface area contributed by atoms with Crippen LogP contribution in [0.2, 0.25) is 0 Å². The number of Topliss-reactive ketones (excluding diaryl/α,β-unsaturated/α-hetero) is 1. The average Bonchev–Trinajstić information content (AvgIpc) is 2.10. The molecule has 3 heteroatoms. The van der Waals surface area contributed by atoms with Crippen LogP contribution in [0.3, 0.4) is 0 Å². The van der Waals surface area contributed by atoms with E-state index in [2.05, 4.69) is 0 Å². The number of methoxy groups -OCH3 is 1. The van der Waals surface area contributed by atoms with Gasteiger partial charge in [-0.25, -0.2) is 4.39 Å². The minimum absolute atomic E-state index is 0.00204. The fraction of sp³-hybridized carbons (Fsp3) is 0.364. The molecule has 14 heavy (non-hydrogen) atoms. The molecule has 0 saturated heterocycles. The minimum atomic E-state index is -0.273. The fourth-order valence-electron chi connectivity index (χ4n) is 1.28. The third-order valence-corrected chi connectivity index (χ3v) is 2.00. The van der Waals surface area contributed by atoms with Crippen LogP contribution in [0, 0.1) is 12.7 Å². The molecule has 0 saturated carbocycles. The molecule has 0 radical (unpaired) electrons. The standard InChI is InChI=1S/C11H13FO2/c1-8-5-10(12)4-3-9(8)6-11(13)7-14-2/h3-5H,6-7H2,1-2H3. The molecule has 1 rings (SSSR count). The van der Waals surface area contributed by atoms with Crippen molar-refractivity contribution in [3.8, 4) is 0 Å². The number of hydrogen-bond acceptors (Lipinski definition) is 2. The van der Waals surface area contributed by atoms with Crippen LogP contribution >= 0.6 is 0 Å². The molecule has 0 bridgehead atoms. The highest BCUT2D eigenvalue weighted by atomic mass is 19.1. The summed E-state index contributed by atoms with van der Waals surface area (Å²) >= 11 is 0. The van der Waals surface area contributed by atoms with Gasteiger partial charge in [0.25, 0.3) is 0 Å². The first-order valence-corrected chi connectivity index (χ1v) is 4.39. The summed E-state index contributed by atoms with van der Waals surface area (Å²) in [7, 11) is 1.48. The highest BCUT2D eigenvalue weighted by Gasteiger charge is 2.06. The van der Waals surface area contributed by atoms with E-state index in [0.717, 1.165) is 11.1 Å². The maximum absolute atomic E-state index is 12.7. The van der Waals surface area contributed by atoms with Gasteiger partial charge in [-0.05, 0) is 30.2 Å². The molecule has 1 aromatic rings. The monoisotopic (exact) mass is 196 g/mol. The van der Waals surface area contributed by atoms with Crippen molar-refractivity contribution in [3.63, 3.8) is 0 Å². The molecule has 0 heterocycles. The van der Waals surface area contributed by atoms with Crippen LogP contribution in [-0.4, -0.2) is 19.5 Å². The van der Waals surface area contributed by atoms with Crippen molar-refractivity contribution in [2.24, 2.45) is 0 Å². The van der Waals surface area contributed by atoms with Crippen LogP contribution in [0.4, 0.5) is 4.39 Å². The summed E-state index contributed by atoms with van der Waals surface area (Å²) < 4.78 is 17.4. The topological polar surface area (TPSA) is 26.3 Å². The summed E-state index contributed by atoms with van der Waals surface area (Å²) in [5, 5.41) is 0. The van der Waals surface area contributed by atoms with E-state index in [1.165, 1.54) is 19.2 Å². The molecule has 0 amide bonds. The van der Waals surface area contributed by atoms with Gasteiger partial charge >= 0.3 is 0 Å². The zero-order chi connectivity index (χ0) is 10.6. The van der Waals surface area contributed by atoms with Gasteiger partial charge < -0.3 is 4.74 Å². The number of benzene rings is 1. The number of carbonyl (C=O) groups excluding carboxylic acids is 1. The number of hydrogen-bond donors (Lipinski definition) is 0. The summed E-state index contributed by atoms with van der Waals surface area (Å²) in [5.41, 5.74) is 1.66. The van der Waals surface area contributed by atoms with Crippen LogP contribution in [0.25, 0.3) is 0 Å². The Kier molecular flexibility index (Phi) is 3.77. The van der Waals surface area contributed by atoms with Crippen LogP contribution < -0.4 is 0 Å². The number of aryl methyl sites for hydroxylation is 1. The summed E-state index contributed by atoms with van der Waals surface area (Å²) in [6.07, 6.45) is 0.306. The van der Waals surface area contributed by atoms with Gasteiger partial charge in [0.1, 0.15) is 12.4 Å². The molecule has 0 aliphatic heterocycles. The second kappa shape index (κ2) is 4.86. The van der Waals surface area contributed by atoms with Crippen LogP contribution in [0.5, 0.6) is 0 Å². The Bertz CT molecular complexity index is 334. The second-order valence-electron chi connectivity index (χ2n) is 3.22. The van der Waals surface area contributed by atoms with Gasteiger partial charge in [-0.2, -0.15) is 0 Å². The summed E-state index contributed by atoms with van der Waals surface area (Å²) in [4.78, 5) is 11.2. The van der Waals surface area contributed by atoms with Crippen molar-refractivity contribution in [3.05, 3.63) is 35.1 Å². The van der Waals surface area contributed by atoms with E-state index < -0.39 is 0 Å². The predicted octanol–water partition coefficient (Wildman–Crippen LogP) is 1.89. The van der Waals surface area contributed by atoms with E-state index in [4.69, 9.17) is 4.74 Å². The van der Waals surface area contributed by atoms with E-state index in [1.807, 2.05) is 0 Å². The Balaban J connectivity index is 2.72. The lowest BCUT2D eigenvalue weighted by Gasteiger charge is -2.04.